The van der Waals surface area contributed by atoms with E-state index in [4.69, 9.17) is 13.3 Å². The number of fused-ring (bicyclic) bond motifs is 10. The summed E-state index contributed by atoms with van der Waals surface area (Å²) in [6, 6.07) is 44.6. The van der Waals surface area contributed by atoms with E-state index in [2.05, 4.69) is 97.1 Å². The van der Waals surface area contributed by atoms with E-state index in [1.54, 1.807) is 6.26 Å². The van der Waals surface area contributed by atoms with Crippen LogP contribution in [0.2, 0.25) is 0 Å². The highest BCUT2D eigenvalue weighted by Crippen LogP contribution is 2.49. The molecule has 0 unspecified atom stereocenters. The maximum Gasteiger partial charge on any atom is 0.146 e. The fourth-order valence-corrected chi connectivity index (χ4v) is 7.22. The molecule has 200 valence electrons. The van der Waals surface area contributed by atoms with Crippen molar-refractivity contribution in [3.63, 3.8) is 0 Å². The zero-order chi connectivity index (χ0) is 28.1. The molecule has 0 spiro atoms. The van der Waals surface area contributed by atoms with E-state index in [1.165, 1.54) is 38.2 Å². The molecule has 0 fully saturated rings. The lowest BCUT2D eigenvalue weighted by Crippen LogP contribution is -1.91. The maximum absolute atomic E-state index is 6.42. The van der Waals surface area contributed by atoms with Crippen molar-refractivity contribution in [2.45, 2.75) is 0 Å². The number of hydrogen-bond acceptors (Lipinski definition) is 3. The zero-order valence-corrected chi connectivity index (χ0v) is 22.9. The van der Waals surface area contributed by atoms with Gasteiger partial charge in [0.15, 0.2) is 0 Å². The van der Waals surface area contributed by atoms with Gasteiger partial charge in [-0.15, -0.1) is 0 Å². The first-order chi connectivity index (χ1) is 21.3. The summed E-state index contributed by atoms with van der Waals surface area (Å²) < 4.78 is 18.9. The van der Waals surface area contributed by atoms with Crippen molar-refractivity contribution in [2.75, 3.05) is 0 Å². The predicted octanol–water partition coefficient (Wildman–Crippen LogP) is 11.9. The SMILES string of the molecule is c1ccc2c(c1)oc1cccc(-c3c4ccccc4c(-c4cc5oc6ccccc6c5c5occc45)c4ccccc34)c12. The van der Waals surface area contributed by atoms with Gasteiger partial charge in [-0.25, -0.2) is 0 Å². The van der Waals surface area contributed by atoms with Gasteiger partial charge in [-0.05, 0) is 74.1 Å². The van der Waals surface area contributed by atoms with Crippen molar-refractivity contribution in [1.29, 1.82) is 0 Å². The van der Waals surface area contributed by atoms with Crippen LogP contribution in [0.25, 0.3) is 98.6 Å². The molecular formula is C40H22O3. The number of hydrogen-bond donors (Lipinski definition) is 0. The van der Waals surface area contributed by atoms with Gasteiger partial charge in [-0.1, -0.05) is 97.1 Å². The molecule has 3 heteroatoms. The first-order valence-electron chi connectivity index (χ1n) is 14.5. The Bertz CT molecular complexity index is 2680. The summed E-state index contributed by atoms with van der Waals surface area (Å²) in [5.41, 5.74) is 8.98. The van der Waals surface area contributed by atoms with E-state index in [0.717, 1.165) is 60.4 Å². The summed E-state index contributed by atoms with van der Waals surface area (Å²) in [6.07, 6.45) is 1.79. The fraction of sp³-hybridized carbons (Fsp3) is 0. The minimum absolute atomic E-state index is 0.825. The normalized spacial score (nSPS) is 12.2. The summed E-state index contributed by atoms with van der Waals surface area (Å²) >= 11 is 0. The van der Waals surface area contributed by atoms with E-state index in [-0.39, 0.29) is 0 Å². The third-order valence-electron chi connectivity index (χ3n) is 8.95. The molecule has 0 amide bonds. The number of rotatable bonds is 2. The fourth-order valence-electron chi connectivity index (χ4n) is 7.22. The molecule has 0 N–H and O–H groups in total. The molecule has 0 atom stereocenters. The molecule has 0 bridgehead atoms. The van der Waals surface area contributed by atoms with Crippen LogP contribution < -0.4 is 0 Å². The van der Waals surface area contributed by atoms with Crippen molar-refractivity contribution < 1.29 is 13.3 Å². The van der Waals surface area contributed by atoms with Gasteiger partial charge in [-0.2, -0.15) is 0 Å². The van der Waals surface area contributed by atoms with Crippen LogP contribution in [-0.4, -0.2) is 0 Å². The molecule has 0 saturated carbocycles. The Labute approximate surface area is 245 Å². The summed E-state index contributed by atoms with van der Waals surface area (Å²) in [4.78, 5) is 0. The van der Waals surface area contributed by atoms with Crippen LogP contribution in [0.15, 0.2) is 147 Å². The minimum Gasteiger partial charge on any atom is -0.464 e. The molecule has 43 heavy (non-hydrogen) atoms. The van der Waals surface area contributed by atoms with Crippen molar-refractivity contribution in [3.8, 4) is 22.3 Å². The molecule has 0 aliphatic carbocycles. The van der Waals surface area contributed by atoms with Gasteiger partial charge in [0.25, 0.3) is 0 Å². The topological polar surface area (TPSA) is 39.4 Å². The van der Waals surface area contributed by atoms with E-state index < -0.39 is 0 Å². The summed E-state index contributed by atoms with van der Waals surface area (Å²) in [5.74, 6) is 0. The van der Waals surface area contributed by atoms with Crippen LogP contribution in [-0.2, 0) is 0 Å². The molecule has 10 aromatic rings. The van der Waals surface area contributed by atoms with Crippen molar-refractivity contribution >= 4 is 76.4 Å². The molecular weight excluding hydrogens is 528 g/mol. The highest BCUT2D eigenvalue weighted by Gasteiger charge is 2.23. The van der Waals surface area contributed by atoms with Gasteiger partial charge in [-0.3, -0.25) is 0 Å². The van der Waals surface area contributed by atoms with Crippen LogP contribution in [0.1, 0.15) is 0 Å². The number of benzene rings is 7. The average molecular weight is 551 g/mol. The average Bonchev–Trinajstić information content (AvgIpc) is 3.78. The van der Waals surface area contributed by atoms with Crippen LogP contribution >= 0.6 is 0 Å². The van der Waals surface area contributed by atoms with Crippen molar-refractivity contribution in [3.05, 3.63) is 134 Å². The standard InChI is InChI=1S/C40H22O3/c1-3-12-25-23(10-1)36(30-16-9-19-34-38(30)28-14-5-7-17-32(28)42-34)24-11-2-4-13-26(24)37(25)31-22-35-39(40-27(31)20-21-41-40)29-15-6-8-18-33(29)43-35/h1-22H. The van der Waals surface area contributed by atoms with Crippen LogP contribution in [0.4, 0.5) is 0 Å². The second kappa shape index (κ2) is 8.37. The molecule has 7 aromatic carbocycles. The summed E-state index contributed by atoms with van der Waals surface area (Å²) in [7, 11) is 0. The Morgan fingerprint density at radius 1 is 0.349 bits per heavy atom. The maximum atomic E-state index is 6.42. The smallest absolute Gasteiger partial charge is 0.146 e. The minimum atomic E-state index is 0.825. The third kappa shape index (κ3) is 3.03. The van der Waals surface area contributed by atoms with Gasteiger partial charge in [0, 0.05) is 21.5 Å². The Kier molecular flexibility index (Phi) is 4.45. The van der Waals surface area contributed by atoms with Gasteiger partial charge < -0.3 is 13.3 Å². The largest absolute Gasteiger partial charge is 0.464 e. The molecule has 10 rings (SSSR count). The lowest BCUT2D eigenvalue weighted by molar-refractivity contribution is 0.618. The first kappa shape index (κ1) is 22.8. The van der Waals surface area contributed by atoms with Crippen molar-refractivity contribution in [1.82, 2.24) is 0 Å². The molecule has 0 saturated heterocycles. The molecule has 3 heterocycles. The quantitative estimate of drug-likeness (QED) is 0.201. The highest BCUT2D eigenvalue weighted by atomic mass is 16.3. The molecule has 0 radical (unpaired) electrons. The molecule has 3 aromatic heterocycles. The summed E-state index contributed by atoms with van der Waals surface area (Å²) in [6.45, 7) is 0. The molecule has 0 aliphatic heterocycles. The molecule has 3 nitrogen and oxygen atoms in total. The van der Waals surface area contributed by atoms with Gasteiger partial charge in [0.1, 0.15) is 27.9 Å². The van der Waals surface area contributed by atoms with E-state index in [0.29, 0.717) is 0 Å². The van der Waals surface area contributed by atoms with Crippen molar-refractivity contribution in [2.24, 2.45) is 0 Å². The Balaban J connectivity index is 1.39. The van der Waals surface area contributed by atoms with E-state index in [1.807, 2.05) is 30.3 Å². The van der Waals surface area contributed by atoms with E-state index in [9.17, 15) is 0 Å². The highest BCUT2D eigenvalue weighted by molar-refractivity contribution is 6.29. The third-order valence-corrected chi connectivity index (χ3v) is 8.95. The Morgan fingerprint density at radius 3 is 1.51 bits per heavy atom. The van der Waals surface area contributed by atoms with Gasteiger partial charge in [0.2, 0.25) is 0 Å². The van der Waals surface area contributed by atoms with Crippen LogP contribution in [0, 0.1) is 0 Å². The lowest BCUT2D eigenvalue weighted by atomic mass is 9.84. The molecule has 0 aliphatic rings. The second-order valence-corrected chi connectivity index (χ2v) is 11.2. The van der Waals surface area contributed by atoms with Gasteiger partial charge in [0.05, 0.1) is 11.6 Å². The lowest BCUT2D eigenvalue weighted by Gasteiger charge is -2.18. The van der Waals surface area contributed by atoms with E-state index >= 15 is 0 Å². The van der Waals surface area contributed by atoms with Crippen LogP contribution in [0.5, 0.6) is 0 Å². The Hall–Kier alpha value is -5.80. The number of furan rings is 3. The van der Waals surface area contributed by atoms with Crippen LogP contribution in [0.3, 0.4) is 0 Å². The number of para-hydroxylation sites is 2. The predicted molar refractivity (Wildman–Crippen MR) is 177 cm³/mol. The summed E-state index contributed by atoms with van der Waals surface area (Å²) in [5, 5.41) is 10.2. The second-order valence-electron chi connectivity index (χ2n) is 11.2. The monoisotopic (exact) mass is 550 g/mol. The Morgan fingerprint density at radius 2 is 0.860 bits per heavy atom. The van der Waals surface area contributed by atoms with Gasteiger partial charge >= 0.3 is 0 Å². The zero-order valence-electron chi connectivity index (χ0n) is 22.9. The first-order valence-corrected chi connectivity index (χ1v) is 14.5.